The van der Waals surface area contributed by atoms with Gasteiger partial charge in [-0.05, 0) is 130 Å². The molecule has 0 spiro atoms. The summed E-state index contributed by atoms with van der Waals surface area (Å²) in [6, 6.07) is 19.8. The quantitative estimate of drug-likeness (QED) is 0.0133. The maximum atomic E-state index is 14.4. The predicted octanol–water partition coefficient (Wildman–Crippen LogP) is 4.36. The van der Waals surface area contributed by atoms with E-state index < -0.39 is 78.2 Å². The van der Waals surface area contributed by atoms with Crippen molar-refractivity contribution in [3.05, 3.63) is 152 Å². The molecule has 3 aromatic carbocycles. The van der Waals surface area contributed by atoms with Gasteiger partial charge in [0.1, 0.15) is 44.2 Å². The van der Waals surface area contributed by atoms with E-state index in [0.717, 1.165) is 34.9 Å². The molecule has 4 aliphatic rings. The molecule has 1 saturated carbocycles. The smallest absolute Gasteiger partial charge is 0.462 e. The molecule has 3 atom stereocenters. The van der Waals surface area contributed by atoms with Crippen LogP contribution in [0.25, 0.3) is 22.3 Å². The lowest BCUT2D eigenvalue weighted by Gasteiger charge is -2.35. The van der Waals surface area contributed by atoms with Crippen molar-refractivity contribution in [2.45, 2.75) is 136 Å². The van der Waals surface area contributed by atoms with Gasteiger partial charge in [0, 0.05) is 59.8 Å². The third-order valence-corrected chi connectivity index (χ3v) is 20.7. The molecule has 0 saturated heterocycles. The number of hydrogen-bond acceptors (Lipinski definition) is 28. The SMILES string of the molecule is CCOC(=O)c1ccc2nc3c(c(CC)c2c1)Cn1c-3cc2c(c1=O)COC(=O)[C@@]2(CC)OC(=O)OCc1ccc(NC(=O)[C@H](CCCCN)NC(=O)[C@H](Cc2ccccc2)NC(=O)COCC(=O)NCCOCCOCCOCCOCCOCCOCCOCCOCCn2cc(CNC(=O)C3CCC(CN4C(=O)C=CC4=O)CC3)nn2)cc1. The second-order valence-electron chi connectivity index (χ2n) is 29.0. The van der Waals surface area contributed by atoms with E-state index in [1.54, 1.807) is 108 Å². The number of fused-ring (bicyclic) bond motifs is 5. The fourth-order valence-electron chi connectivity index (χ4n) is 14.3. The number of esters is 2. The summed E-state index contributed by atoms with van der Waals surface area (Å²) in [4.78, 5) is 151. The molecular formula is C85H110N12O24. The molecule has 1 aliphatic carbocycles. The standard InChI is InChI=1S/C85H110N12O24/c1-4-64-65-47-61(82(106)118-6-3)21-24-69(65)91-77-66(64)52-96-72(77)48-68-67(81(96)105)54-119-83(107)85(68,5-2)121-84(108)120-53-59-17-22-62(23-18-59)89-79(103)70(14-10-11-27-86)92-80(104)71(46-57-12-8-7-9-13-57)90-74(99)56-117-55-73(98)87-28-30-109-32-34-111-36-38-113-40-42-115-44-45-116-43-41-114-39-37-112-35-33-110-31-29-95-51-63(93-94-95)49-88-78(102)60-19-15-58(16-20-60)50-97-75(100)25-26-76(97)101/h7-9,12-13,17-18,21-26,47-48,51,58,60,70-71H,4-6,10-11,14-16,19-20,27-46,49-50,52-56,86H2,1-3H3,(H,87,98)(H,88,102)(H,89,103)(H,90,99)(H,92,104)/t58?,60?,70-,71-,85-/m0/s1. The number of imide groups is 1. The van der Waals surface area contributed by atoms with Crippen LogP contribution in [0.2, 0.25) is 0 Å². The Labute approximate surface area is 700 Å². The zero-order valence-corrected chi connectivity index (χ0v) is 68.8. The summed E-state index contributed by atoms with van der Waals surface area (Å²) >= 11 is 0. The first-order valence-electron chi connectivity index (χ1n) is 41.2. The number of aromatic nitrogens is 5. The van der Waals surface area contributed by atoms with E-state index in [1.165, 1.54) is 17.1 Å². The first kappa shape index (κ1) is 92.5. The molecule has 36 heteroatoms. The van der Waals surface area contributed by atoms with Crippen LogP contribution in [-0.2, 0) is 151 Å². The van der Waals surface area contributed by atoms with E-state index in [1.807, 2.05) is 6.92 Å². The normalized spacial score (nSPS) is 16.4. The maximum Gasteiger partial charge on any atom is 0.510 e. The monoisotopic (exact) mass is 1680 g/mol. The Morgan fingerprint density at radius 1 is 0.645 bits per heavy atom. The Morgan fingerprint density at radius 3 is 1.91 bits per heavy atom. The molecule has 654 valence electrons. The van der Waals surface area contributed by atoms with E-state index >= 15 is 0 Å². The van der Waals surface area contributed by atoms with Gasteiger partial charge in [0.05, 0.1) is 166 Å². The van der Waals surface area contributed by atoms with Crippen LogP contribution in [0.1, 0.15) is 122 Å². The van der Waals surface area contributed by atoms with Gasteiger partial charge >= 0.3 is 18.1 Å². The van der Waals surface area contributed by atoms with Crippen molar-refractivity contribution >= 4 is 76.0 Å². The second-order valence-corrected chi connectivity index (χ2v) is 29.0. The lowest BCUT2D eigenvalue weighted by atomic mass is 9.81. The molecule has 3 aliphatic heterocycles. The minimum atomic E-state index is -2.05. The number of carbonyl (C=O) groups excluding carboxylic acids is 10. The van der Waals surface area contributed by atoms with Crippen molar-refractivity contribution in [3.8, 4) is 11.4 Å². The van der Waals surface area contributed by atoms with E-state index in [2.05, 4.69) is 36.9 Å². The summed E-state index contributed by atoms with van der Waals surface area (Å²) in [6.07, 6.45) is 7.84. The van der Waals surface area contributed by atoms with Crippen molar-refractivity contribution in [1.82, 2.24) is 50.7 Å². The average Bonchev–Trinajstić information content (AvgIpc) is 1.62. The van der Waals surface area contributed by atoms with Gasteiger partial charge in [-0.1, -0.05) is 61.5 Å². The summed E-state index contributed by atoms with van der Waals surface area (Å²) in [7, 11) is 0. The molecule has 0 bridgehead atoms. The number of nitrogens with one attached hydrogen (secondary N) is 5. The zero-order chi connectivity index (χ0) is 85.7. The highest BCUT2D eigenvalue weighted by atomic mass is 16.7. The van der Waals surface area contributed by atoms with Gasteiger partial charge in [-0.15, -0.1) is 5.10 Å². The Kier molecular flexibility index (Phi) is 37.1. The van der Waals surface area contributed by atoms with Gasteiger partial charge in [-0.3, -0.25) is 43.3 Å². The number of benzene rings is 3. The van der Waals surface area contributed by atoms with Gasteiger partial charge < -0.3 is 98.5 Å². The van der Waals surface area contributed by atoms with Gasteiger partial charge in [0.15, 0.2) is 0 Å². The number of unbranched alkanes of at least 4 members (excludes halogenated alkanes) is 1. The van der Waals surface area contributed by atoms with Crippen molar-refractivity contribution in [3.63, 3.8) is 0 Å². The topological polar surface area (TPSA) is 446 Å². The molecule has 121 heavy (non-hydrogen) atoms. The highest BCUT2D eigenvalue weighted by Crippen LogP contribution is 2.43. The average molecular weight is 1680 g/mol. The third kappa shape index (κ3) is 27.6. The van der Waals surface area contributed by atoms with Crippen molar-refractivity contribution < 1.29 is 110 Å². The Bertz CT molecular complexity index is 4540. The summed E-state index contributed by atoms with van der Waals surface area (Å²) in [5, 5.41) is 23.0. The summed E-state index contributed by atoms with van der Waals surface area (Å²) in [6.45, 7) is 11.6. The number of anilines is 1. The van der Waals surface area contributed by atoms with Crippen LogP contribution in [-0.4, -0.2) is 246 Å². The Balaban J connectivity index is 0.532. The van der Waals surface area contributed by atoms with Crippen LogP contribution in [0.3, 0.4) is 0 Å². The van der Waals surface area contributed by atoms with Crippen LogP contribution in [0, 0.1) is 11.8 Å². The zero-order valence-electron chi connectivity index (χ0n) is 68.8. The Morgan fingerprint density at radius 2 is 1.28 bits per heavy atom. The lowest BCUT2D eigenvalue weighted by molar-refractivity contribution is -0.175. The third-order valence-electron chi connectivity index (χ3n) is 20.7. The minimum absolute atomic E-state index is 0.0312. The van der Waals surface area contributed by atoms with Crippen LogP contribution in [0.15, 0.2) is 102 Å². The predicted molar refractivity (Wildman–Crippen MR) is 434 cm³/mol. The summed E-state index contributed by atoms with van der Waals surface area (Å²) in [5.74, 6) is -4.23. The molecule has 7 N–H and O–H groups in total. The number of ether oxygens (including phenoxy) is 13. The lowest BCUT2D eigenvalue weighted by Crippen LogP contribution is -2.54. The maximum absolute atomic E-state index is 14.4. The van der Waals surface area contributed by atoms with Crippen molar-refractivity contribution in [2.24, 2.45) is 17.6 Å². The molecule has 0 unspecified atom stereocenters. The fourth-order valence-corrected chi connectivity index (χ4v) is 14.3. The number of amides is 7. The molecule has 6 heterocycles. The highest BCUT2D eigenvalue weighted by Gasteiger charge is 2.51. The number of cyclic esters (lactones) is 1. The number of nitrogens with zero attached hydrogens (tertiary/aromatic N) is 6. The van der Waals surface area contributed by atoms with Gasteiger partial charge in [0.25, 0.3) is 17.4 Å². The van der Waals surface area contributed by atoms with E-state index in [0.29, 0.717) is 184 Å². The molecule has 0 radical (unpaired) electrons. The van der Waals surface area contributed by atoms with Gasteiger partial charge in [-0.25, -0.2) is 24.0 Å². The van der Waals surface area contributed by atoms with E-state index in [9.17, 15) is 52.7 Å². The number of carbonyl (C=O) groups is 10. The first-order valence-corrected chi connectivity index (χ1v) is 41.2. The molecule has 10 rings (SSSR count). The van der Waals surface area contributed by atoms with Gasteiger partial charge in [-0.2, -0.15) is 0 Å². The summed E-state index contributed by atoms with van der Waals surface area (Å²) in [5.41, 5.74) is 9.34. The molecule has 7 amide bonds. The molecular weight excluding hydrogens is 1570 g/mol. The number of aryl methyl sites for hydroxylation is 1. The van der Waals surface area contributed by atoms with Crippen molar-refractivity contribution in [1.29, 1.82) is 0 Å². The first-order chi connectivity index (χ1) is 58.9. The molecule has 1 fully saturated rings. The number of nitrogens with two attached hydrogens (primary N) is 1. The van der Waals surface area contributed by atoms with Crippen LogP contribution >= 0.6 is 0 Å². The van der Waals surface area contributed by atoms with Crippen LogP contribution < -0.4 is 37.9 Å². The highest BCUT2D eigenvalue weighted by molar-refractivity contribution is 6.13. The number of rotatable bonds is 54. The van der Waals surface area contributed by atoms with E-state index in [-0.39, 0.29) is 113 Å². The van der Waals surface area contributed by atoms with E-state index in [4.69, 9.17) is 72.3 Å². The number of hydrogen-bond donors (Lipinski definition) is 6. The minimum Gasteiger partial charge on any atom is -0.462 e. The molecule has 6 aromatic rings. The Hall–Kier alpha value is -10.8. The van der Waals surface area contributed by atoms with Crippen LogP contribution in [0.5, 0.6) is 0 Å². The number of pyridine rings is 2. The molecule has 36 nitrogen and oxygen atoms in total. The van der Waals surface area contributed by atoms with Gasteiger partial charge in [0.2, 0.25) is 35.1 Å². The van der Waals surface area contributed by atoms with Crippen LogP contribution in [0.4, 0.5) is 10.5 Å². The summed E-state index contributed by atoms with van der Waals surface area (Å²) < 4.78 is 75.4. The fraction of sp³-hybridized carbons (Fsp3) is 0.529. The molecule has 3 aromatic heterocycles. The second kappa shape index (κ2) is 48.6. The largest absolute Gasteiger partial charge is 0.510 e. The van der Waals surface area contributed by atoms with Crippen molar-refractivity contribution in [2.75, 3.05) is 150 Å².